The Labute approximate surface area is 153 Å². The maximum Gasteiger partial charge on any atom is 0.227 e. The van der Waals surface area contributed by atoms with Gasteiger partial charge >= 0.3 is 0 Å². The Hall–Kier alpha value is -2.41. The number of piperidine rings is 1. The Bertz CT molecular complexity index is 743. The number of hydrogen-bond acceptors (Lipinski definition) is 6. The van der Waals surface area contributed by atoms with E-state index >= 15 is 0 Å². The second-order valence-electron chi connectivity index (χ2n) is 6.98. The molecule has 1 aromatic heterocycles. The van der Waals surface area contributed by atoms with Crippen LogP contribution in [0.2, 0.25) is 0 Å². The molecule has 1 aliphatic heterocycles. The first-order valence-electron chi connectivity index (χ1n) is 8.92. The van der Waals surface area contributed by atoms with Gasteiger partial charge in [0.05, 0.1) is 6.54 Å². The minimum Gasteiger partial charge on any atom is -0.491 e. The normalized spacial score (nSPS) is 20.2. The van der Waals surface area contributed by atoms with Gasteiger partial charge in [0.2, 0.25) is 11.8 Å². The van der Waals surface area contributed by atoms with E-state index in [1.54, 1.807) is 11.8 Å². The molecule has 0 saturated carbocycles. The third-order valence-corrected chi connectivity index (χ3v) is 4.56. The molecule has 7 nitrogen and oxygen atoms in total. The van der Waals surface area contributed by atoms with Gasteiger partial charge in [-0.1, -0.05) is 22.9 Å². The second kappa shape index (κ2) is 7.86. The molecular weight excluding hydrogens is 334 g/mol. The second-order valence-corrected chi connectivity index (χ2v) is 6.98. The number of amides is 1. The monoisotopic (exact) mass is 359 g/mol. The summed E-state index contributed by atoms with van der Waals surface area (Å²) in [6.45, 7) is 4.85. The zero-order valence-corrected chi connectivity index (χ0v) is 15.3. The SMILES string of the molecule is Cc1ccc(OC[C@]2(O)CCCN(C(=O)CCc3nc(C)no3)C2)cc1. The van der Waals surface area contributed by atoms with Crippen LogP contribution in [0.3, 0.4) is 0 Å². The average molecular weight is 359 g/mol. The molecule has 3 rings (SSSR count). The number of carbonyl (C=O) groups is 1. The third kappa shape index (κ3) is 4.82. The molecule has 0 radical (unpaired) electrons. The molecule has 26 heavy (non-hydrogen) atoms. The summed E-state index contributed by atoms with van der Waals surface area (Å²) >= 11 is 0. The lowest BCUT2D eigenvalue weighted by molar-refractivity contribution is -0.140. The predicted molar refractivity (Wildman–Crippen MR) is 94.8 cm³/mol. The average Bonchev–Trinajstić information content (AvgIpc) is 3.05. The van der Waals surface area contributed by atoms with Crippen LogP contribution in [0.1, 0.15) is 36.5 Å². The Morgan fingerprint density at radius 3 is 2.81 bits per heavy atom. The molecule has 1 saturated heterocycles. The lowest BCUT2D eigenvalue weighted by Gasteiger charge is -2.39. The van der Waals surface area contributed by atoms with E-state index in [4.69, 9.17) is 9.26 Å². The van der Waals surface area contributed by atoms with Gasteiger partial charge in [-0.3, -0.25) is 4.79 Å². The van der Waals surface area contributed by atoms with Crippen molar-refractivity contribution in [1.82, 2.24) is 15.0 Å². The van der Waals surface area contributed by atoms with Crippen LogP contribution in [0.15, 0.2) is 28.8 Å². The van der Waals surface area contributed by atoms with Crippen LogP contribution in [-0.2, 0) is 11.2 Å². The van der Waals surface area contributed by atoms with Gasteiger partial charge < -0.3 is 19.3 Å². The molecule has 1 amide bonds. The predicted octanol–water partition coefficient (Wildman–Crippen LogP) is 2.05. The first kappa shape index (κ1) is 18.4. The molecule has 0 spiro atoms. The molecular formula is C19H25N3O4. The number of β-amino-alcohol motifs (C(OH)–C–C–N with tert-alkyl or cyclic N) is 1. The minimum atomic E-state index is -1.03. The van der Waals surface area contributed by atoms with Crippen LogP contribution in [0.5, 0.6) is 5.75 Å². The summed E-state index contributed by atoms with van der Waals surface area (Å²) in [5, 5.41) is 14.6. The smallest absolute Gasteiger partial charge is 0.227 e. The molecule has 7 heteroatoms. The number of benzene rings is 1. The van der Waals surface area contributed by atoms with Gasteiger partial charge in [-0.15, -0.1) is 0 Å². The van der Waals surface area contributed by atoms with Gasteiger partial charge in [0.15, 0.2) is 5.82 Å². The first-order chi connectivity index (χ1) is 12.4. The summed E-state index contributed by atoms with van der Waals surface area (Å²) in [7, 11) is 0. The van der Waals surface area contributed by atoms with Crippen molar-refractivity contribution >= 4 is 5.91 Å². The van der Waals surface area contributed by atoms with Crippen LogP contribution in [0, 0.1) is 13.8 Å². The van der Waals surface area contributed by atoms with Crippen molar-refractivity contribution in [2.24, 2.45) is 0 Å². The van der Waals surface area contributed by atoms with Crippen molar-refractivity contribution in [1.29, 1.82) is 0 Å². The number of nitrogens with zero attached hydrogens (tertiary/aromatic N) is 3. The molecule has 1 atom stereocenters. The van der Waals surface area contributed by atoms with Crippen molar-refractivity contribution in [3.05, 3.63) is 41.5 Å². The molecule has 0 unspecified atom stereocenters. The van der Waals surface area contributed by atoms with E-state index in [9.17, 15) is 9.90 Å². The summed E-state index contributed by atoms with van der Waals surface area (Å²) in [6.07, 6.45) is 2.07. The van der Waals surface area contributed by atoms with Crippen molar-refractivity contribution in [3.63, 3.8) is 0 Å². The van der Waals surface area contributed by atoms with E-state index in [0.29, 0.717) is 31.1 Å². The summed E-state index contributed by atoms with van der Waals surface area (Å²) in [6, 6.07) is 7.71. The summed E-state index contributed by atoms with van der Waals surface area (Å²) in [5.74, 6) is 1.73. The van der Waals surface area contributed by atoms with Crippen molar-refractivity contribution in [3.8, 4) is 5.75 Å². The first-order valence-corrected chi connectivity index (χ1v) is 8.92. The standard InChI is InChI=1S/C19H25N3O4/c1-14-4-6-16(7-5-14)25-13-19(24)10-3-11-22(12-19)18(23)9-8-17-20-15(2)21-26-17/h4-7,24H,3,8-13H2,1-2H3/t19-/m0/s1. The molecule has 1 fully saturated rings. The largest absolute Gasteiger partial charge is 0.491 e. The van der Waals surface area contributed by atoms with E-state index in [1.807, 2.05) is 31.2 Å². The van der Waals surface area contributed by atoms with Gasteiger partial charge in [-0.05, 0) is 38.8 Å². The molecule has 1 N–H and O–H groups in total. The number of aryl methyl sites for hydroxylation is 3. The maximum atomic E-state index is 12.5. The highest BCUT2D eigenvalue weighted by Crippen LogP contribution is 2.24. The fourth-order valence-electron chi connectivity index (χ4n) is 3.11. The van der Waals surface area contributed by atoms with Crippen molar-refractivity contribution < 1.29 is 19.2 Å². The number of likely N-dealkylation sites (tertiary alicyclic amines) is 1. The highest BCUT2D eigenvalue weighted by atomic mass is 16.5. The van der Waals surface area contributed by atoms with E-state index in [2.05, 4.69) is 10.1 Å². The van der Waals surface area contributed by atoms with Crippen LogP contribution in [-0.4, -0.2) is 51.4 Å². The number of carbonyl (C=O) groups excluding carboxylic acids is 1. The van der Waals surface area contributed by atoms with Crippen LogP contribution in [0.4, 0.5) is 0 Å². The van der Waals surface area contributed by atoms with Gasteiger partial charge in [-0.25, -0.2) is 0 Å². The van der Waals surface area contributed by atoms with Crippen LogP contribution in [0.25, 0.3) is 0 Å². The molecule has 140 valence electrons. The number of rotatable bonds is 6. The fourth-order valence-corrected chi connectivity index (χ4v) is 3.11. The number of hydrogen-bond donors (Lipinski definition) is 1. The van der Waals surface area contributed by atoms with Gasteiger partial charge in [0.1, 0.15) is 18.0 Å². The summed E-state index contributed by atoms with van der Waals surface area (Å²) in [4.78, 5) is 18.3. The maximum absolute atomic E-state index is 12.5. The number of ether oxygens (including phenoxy) is 1. The molecule has 0 aliphatic carbocycles. The fraction of sp³-hybridized carbons (Fsp3) is 0.526. The quantitative estimate of drug-likeness (QED) is 0.849. The Balaban J connectivity index is 1.51. The number of aliphatic hydroxyl groups is 1. The Morgan fingerprint density at radius 2 is 2.12 bits per heavy atom. The van der Waals surface area contributed by atoms with Gasteiger partial charge in [0, 0.05) is 19.4 Å². The lowest BCUT2D eigenvalue weighted by atomic mass is 9.93. The van der Waals surface area contributed by atoms with E-state index in [1.165, 1.54) is 0 Å². The zero-order valence-electron chi connectivity index (χ0n) is 15.3. The van der Waals surface area contributed by atoms with E-state index < -0.39 is 5.60 Å². The van der Waals surface area contributed by atoms with Crippen LogP contribution >= 0.6 is 0 Å². The molecule has 2 heterocycles. The van der Waals surface area contributed by atoms with Crippen molar-refractivity contribution in [2.45, 2.75) is 45.1 Å². The van der Waals surface area contributed by atoms with Crippen LogP contribution < -0.4 is 4.74 Å². The minimum absolute atomic E-state index is 0.0192. The van der Waals surface area contributed by atoms with Gasteiger partial charge in [0.25, 0.3) is 0 Å². The van der Waals surface area contributed by atoms with E-state index in [0.717, 1.165) is 17.7 Å². The zero-order chi connectivity index (χ0) is 18.6. The van der Waals surface area contributed by atoms with E-state index in [-0.39, 0.29) is 25.5 Å². The Kier molecular flexibility index (Phi) is 5.56. The highest BCUT2D eigenvalue weighted by Gasteiger charge is 2.36. The van der Waals surface area contributed by atoms with Crippen molar-refractivity contribution in [2.75, 3.05) is 19.7 Å². The highest BCUT2D eigenvalue weighted by molar-refractivity contribution is 5.76. The number of aromatic nitrogens is 2. The van der Waals surface area contributed by atoms with Gasteiger partial charge in [-0.2, -0.15) is 4.98 Å². The Morgan fingerprint density at radius 1 is 1.35 bits per heavy atom. The topological polar surface area (TPSA) is 88.7 Å². The summed E-state index contributed by atoms with van der Waals surface area (Å²) in [5.41, 5.74) is 0.127. The molecule has 1 aliphatic rings. The lowest BCUT2D eigenvalue weighted by Crippen LogP contribution is -2.53. The summed E-state index contributed by atoms with van der Waals surface area (Å²) < 4.78 is 10.8. The molecule has 0 bridgehead atoms. The third-order valence-electron chi connectivity index (χ3n) is 4.56. The molecule has 2 aromatic rings. The molecule has 1 aromatic carbocycles.